The number of fused-ring (bicyclic) bond motifs is 1. The summed E-state index contributed by atoms with van der Waals surface area (Å²) in [5.41, 5.74) is 4.81. The van der Waals surface area contributed by atoms with Gasteiger partial charge < -0.3 is 20.3 Å². The van der Waals surface area contributed by atoms with Gasteiger partial charge in [0.05, 0.1) is 6.54 Å². The molecule has 0 atom stereocenters. The second-order valence-electron chi connectivity index (χ2n) is 3.24. The predicted molar refractivity (Wildman–Crippen MR) is 52.4 cm³/mol. The molecule has 1 aromatic rings. The van der Waals surface area contributed by atoms with Gasteiger partial charge in [-0.15, -0.1) is 0 Å². The van der Waals surface area contributed by atoms with E-state index in [0.717, 1.165) is 6.07 Å². The highest BCUT2D eigenvalue weighted by Gasteiger charge is 2.26. The molecular weight excluding hydrogens is 217 g/mol. The first-order chi connectivity index (χ1) is 7.65. The van der Waals surface area contributed by atoms with E-state index >= 15 is 0 Å². The summed E-state index contributed by atoms with van der Waals surface area (Å²) in [6.45, 7) is 0.145. The highest BCUT2D eigenvalue weighted by Crippen LogP contribution is 2.39. The predicted octanol–water partition coefficient (Wildman–Crippen LogP) is 0.444. The molecule has 0 aromatic heterocycles. The van der Waals surface area contributed by atoms with Crippen LogP contribution in [0.25, 0.3) is 0 Å². The van der Waals surface area contributed by atoms with E-state index in [1.54, 1.807) is 0 Å². The van der Waals surface area contributed by atoms with Crippen molar-refractivity contribution < 1.29 is 23.8 Å². The van der Waals surface area contributed by atoms with E-state index in [-0.39, 0.29) is 36.8 Å². The highest BCUT2D eigenvalue weighted by molar-refractivity contribution is 6.01. The SMILES string of the molecule is NCC(=O)c1c(F)c(O)cc2c1OCCO2. The van der Waals surface area contributed by atoms with E-state index in [1.807, 2.05) is 0 Å². The standard InChI is InChI=1S/C10H10FNO4/c11-9-5(13)3-7-10(16-2-1-15-7)8(9)6(14)4-12/h3,13H,1-2,4,12H2. The molecule has 0 fully saturated rings. The van der Waals surface area contributed by atoms with Gasteiger partial charge in [-0.1, -0.05) is 0 Å². The lowest BCUT2D eigenvalue weighted by atomic mass is 10.1. The zero-order chi connectivity index (χ0) is 11.7. The van der Waals surface area contributed by atoms with Crippen molar-refractivity contribution in [2.45, 2.75) is 0 Å². The maximum Gasteiger partial charge on any atom is 0.183 e. The average molecular weight is 227 g/mol. The van der Waals surface area contributed by atoms with Gasteiger partial charge >= 0.3 is 0 Å². The minimum atomic E-state index is -1.03. The smallest absolute Gasteiger partial charge is 0.183 e. The molecule has 6 heteroatoms. The maximum absolute atomic E-state index is 13.6. The molecule has 1 aliphatic rings. The summed E-state index contributed by atoms with van der Waals surface area (Å²) in [6, 6.07) is 1.08. The van der Waals surface area contributed by atoms with Crippen molar-refractivity contribution in [3.05, 3.63) is 17.4 Å². The summed E-state index contributed by atoms with van der Waals surface area (Å²) in [5, 5.41) is 9.30. The average Bonchev–Trinajstić information content (AvgIpc) is 2.30. The van der Waals surface area contributed by atoms with Crippen molar-refractivity contribution >= 4 is 5.78 Å². The molecule has 16 heavy (non-hydrogen) atoms. The Morgan fingerprint density at radius 3 is 2.88 bits per heavy atom. The van der Waals surface area contributed by atoms with Crippen LogP contribution in [0.2, 0.25) is 0 Å². The fourth-order valence-electron chi connectivity index (χ4n) is 1.50. The van der Waals surface area contributed by atoms with E-state index in [9.17, 15) is 14.3 Å². The zero-order valence-corrected chi connectivity index (χ0v) is 8.33. The molecule has 5 nitrogen and oxygen atoms in total. The van der Waals surface area contributed by atoms with Crippen LogP contribution in [0.15, 0.2) is 6.07 Å². The third-order valence-corrected chi connectivity index (χ3v) is 2.21. The second kappa shape index (κ2) is 3.97. The molecule has 0 saturated carbocycles. The third kappa shape index (κ3) is 1.57. The van der Waals surface area contributed by atoms with Gasteiger partial charge in [-0.3, -0.25) is 4.79 Å². The van der Waals surface area contributed by atoms with Gasteiger partial charge in [0.25, 0.3) is 0 Å². The minimum Gasteiger partial charge on any atom is -0.505 e. The van der Waals surface area contributed by atoms with Crippen LogP contribution >= 0.6 is 0 Å². The first-order valence-corrected chi connectivity index (χ1v) is 4.69. The summed E-state index contributed by atoms with van der Waals surface area (Å²) in [6.07, 6.45) is 0. The number of aromatic hydroxyl groups is 1. The lowest BCUT2D eigenvalue weighted by Gasteiger charge is -2.21. The van der Waals surface area contributed by atoms with Crippen LogP contribution in [0.5, 0.6) is 17.2 Å². The fraction of sp³-hybridized carbons (Fsp3) is 0.300. The third-order valence-electron chi connectivity index (χ3n) is 2.21. The van der Waals surface area contributed by atoms with Crippen LogP contribution in [-0.2, 0) is 0 Å². The van der Waals surface area contributed by atoms with E-state index in [4.69, 9.17) is 15.2 Å². The van der Waals surface area contributed by atoms with Crippen molar-refractivity contribution in [1.82, 2.24) is 0 Å². The summed E-state index contributed by atoms with van der Waals surface area (Å²) in [5.74, 6) is -2.16. The first kappa shape index (κ1) is 10.7. The number of carbonyl (C=O) groups excluding carboxylic acids is 1. The lowest BCUT2D eigenvalue weighted by molar-refractivity contribution is 0.0983. The molecule has 86 valence electrons. The molecular formula is C10H10FNO4. The Morgan fingerprint density at radius 2 is 2.19 bits per heavy atom. The van der Waals surface area contributed by atoms with Crippen molar-refractivity contribution in [1.29, 1.82) is 0 Å². The Bertz CT molecular complexity index is 447. The largest absolute Gasteiger partial charge is 0.505 e. The molecule has 0 radical (unpaired) electrons. The minimum absolute atomic E-state index is 0.0111. The van der Waals surface area contributed by atoms with Gasteiger partial charge in [-0.2, -0.15) is 0 Å². The molecule has 0 bridgehead atoms. The molecule has 0 saturated heterocycles. The number of phenolic OH excluding ortho intramolecular Hbond substituents is 1. The van der Waals surface area contributed by atoms with Gasteiger partial charge in [0, 0.05) is 6.07 Å². The van der Waals surface area contributed by atoms with Crippen molar-refractivity contribution in [3.8, 4) is 17.2 Å². The van der Waals surface area contributed by atoms with Crippen molar-refractivity contribution in [2.75, 3.05) is 19.8 Å². The molecule has 0 unspecified atom stereocenters. The fourth-order valence-corrected chi connectivity index (χ4v) is 1.50. The number of hydrogen-bond acceptors (Lipinski definition) is 5. The molecule has 1 aromatic carbocycles. The Hall–Kier alpha value is -1.82. The Labute approximate surface area is 90.6 Å². The quantitative estimate of drug-likeness (QED) is 0.716. The van der Waals surface area contributed by atoms with Gasteiger partial charge in [0.15, 0.2) is 28.8 Å². The Balaban J connectivity index is 2.63. The normalized spacial score (nSPS) is 13.6. The molecule has 1 heterocycles. The first-order valence-electron chi connectivity index (χ1n) is 4.69. The number of phenols is 1. The number of carbonyl (C=O) groups is 1. The number of benzene rings is 1. The molecule has 1 aliphatic heterocycles. The maximum atomic E-state index is 13.6. The van der Waals surface area contributed by atoms with Crippen LogP contribution in [0.4, 0.5) is 4.39 Å². The monoisotopic (exact) mass is 227 g/mol. The number of ketones is 1. The molecule has 3 N–H and O–H groups in total. The highest BCUT2D eigenvalue weighted by atomic mass is 19.1. The van der Waals surface area contributed by atoms with Gasteiger partial charge in [0.2, 0.25) is 0 Å². The van der Waals surface area contributed by atoms with Gasteiger partial charge in [-0.25, -0.2) is 4.39 Å². The van der Waals surface area contributed by atoms with Crippen LogP contribution in [0, 0.1) is 5.82 Å². The van der Waals surface area contributed by atoms with Crippen LogP contribution in [-0.4, -0.2) is 30.6 Å². The van der Waals surface area contributed by atoms with E-state index in [1.165, 1.54) is 0 Å². The number of hydrogen-bond donors (Lipinski definition) is 2. The summed E-state index contributed by atoms with van der Waals surface area (Å²) in [4.78, 5) is 11.4. The molecule has 0 spiro atoms. The Morgan fingerprint density at radius 1 is 1.50 bits per heavy atom. The van der Waals surface area contributed by atoms with Crippen LogP contribution < -0.4 is 15.2 Å². The number of ether oxygens (including phenoxy) is 2. The number of halogens is 1. The molecule has 0 aliphatic carbocycles. The number of rotatable bonds is 2. The summed E-state index contributed by atoms with van der Waals surface area (Å²) >= 11 is 0. The second-order valence-corrected chi connectivity index (χ2v) is 3.24. The molecule has 2 rings (SSSR count). The van der Waals surface area contributed by atoms with Crippen LogP contribution in [0.3, 0.4) is 0 Å². The lowest BCUT2D eigenvalue weighted by Crippen LogP contribution is -2.21. The topological polar surface area (TPSA) is 81.8 Å². The van der Waals surface area contributed by atoms with E-state index < -0.39 is 17.3 Å². The molecule has 0 amide bonds. The van der Waals surface area contributed by atoms with Crippen molar-refractivity contribution in [3.63, 3.8) is 0 Å². The van der Waals surface area contributed by atoms with Crippen molar-refractivity contribution in [2.24, 2.45) is 5.73 Å². The number of Topliss-reactive ketones (excluding diaryl/α,β-unsaturated/α-hetero) is 1. The zero-order valence-electron chi connectivity index (χ0n) is 8.33. The number of nitrogens with two attached hydrogens (primary N) is 1. The van der Waals surface area contributed by atoms with Gasteiger partial charge in [0.1, 0.15) is 18.8 Å². The van der Waals surface area contributed by atoms with E-state index in [0.29, 0.717) is 0 Å². The summed E-state index contributed by atoms with van der Waals surface area (Å²) < 4.78 is 23.9. The Kier molecular flexibility index (Phi) is 2.66. The van der Waals surface area contributed by atoms with Crippen LogP contribution in [0.1, 0.15) is 10.4 Å². The summed E-state index contributed by atoms with van der Waals surface area (Å²) in [7, 11) is 0. The van der Waals surface area contributed by atoms with Gasteiger partial charge in [-0.05, 0) is 0 Å². The van der Waals surface area contributed by atoms with E-state index in [2.05, 4.69) is 0 Å².